The van der Waals surface area contributed by atoms with Crippen LogP contribution in [0.5, 0.6) is 0 Å². The Hall–Kier alpha value is -2.26. The van der Waals surface area contributed by atoms with E-state index in [1.54, 1.807) is 24.3 Å². The van der Waals surface area contributed by atoms with Crippen LogP contribution in [-0.2, 0) is 14.8 Å². The first-order valence-electron chi connectivity index (χ1n) is 10.3. The first-order valence-corrected chi connectivity index (χ1v) is 11.7. The molecule has 3 fully saturated rings. The van der Waals surface area contributed by atoms with Gasteiger partial charge in [-0.15, -0.1) is 0 Å². The van der Waals surface area contributed by atoms with Gasteiger partial charge in [-0.3, -0.25) is 4.79 Å². The zero-order chi connectivity index (χ0) is 20.0. The summed E-state index contributed by atoms with van der Waals surface area (Å²) in [5.41, 5.74) is 0.732. The van der Waals surface area contributed by atoms with Crippen molar-refractivity contribution in [2.24, 2.45) is 5.92 Å². The van der Waals surface area contributed by atoms with E-state index in [-0.39, 0.29) is 16.7 Å². The van der Waals surface area contributed by atoms with Crippen LogP contribution in [0, 0.1) is 5.92 Å². The van der Waals surface area contributed by atoms with E-state index in [1.165, 1.54) is 4.31 Å². The number of piperidine rings is 1. The van der Waals surface area contributed by atoms with Crippen molar-refractivity contribution in [3.63, 3.8) is 0 Å². The third kappa shape index (κ3) is 3.93. The highest BCUT2D eigenvalue weighted by Gasteiger charge is 2.34. The number of rotatable bonds is 6. The first-order chi connectivity index (χ1) is 14.0. The minimum Gasteiger partial charge on any atom is -0.353 e. The predicted octanol–water partition coefficient (Wildman–Crippen LogP) is 2.29. The Morgan fingerprint density at radius 3 is 2.34 bits per heavy atom. The van der Waals surface area contributed by atoms with E-state index in [9.17, 15) is 13.2 Å². The van der Waals surface area contributed by atoms with Crippen LogP contribution in [0.2, 0.25) is 0 Å². The van der Waals surface area contributed by atoms with E-state index in [4.69, 9.17) is 4.52 Å². The lowest BCUT2D eigenvalue weighted by Crippen LogP contribution is -2.43. The number of benzene rings is 1. The zero-order valence-corrected chi connectivity index (χ0v) is 16.9. The van der Waals surface area contributed by atoms with Crippen molar-refractivity contribution in [3.05, 3.63) is 30.2 Å². The van der Waals surface area contributed by atoms with Gasteiger partial charge in [0.1, 0.15) is 0 Å². The molecular weight excluding hydrogens is 392 g/mol. The van der Waals surface area contributed by atoms with Crippen molar-refractivity contribution in [2.45, 2.75) is 55.4 Å². The molecule has 0 radical (unpaired) electrons. The van der Waals surface area contributed by atoms with Crippen molar-refractivity contribution in [2.75, 3.05) is 13.1 Å². The molecule has 9 heteroatoms. The van der Waals surface area contributed by atoms with Crippen LogP contribution < -0.4 is 5.32 Å². The molecule has 0 unspecified atom stereocenters. The van der Waals surface area contributed by atoms with Crippen LogP contribution in [0.25, 0.3) is 11.4 Å². The van der Waals surface area contributed by atoms with Crippen LogP contribution in [0.4, 0.5) is 0 Å². The Labute approximate surface area is 169 Å². The quantitative estimate of drug-likeness (QED) is 0.775. The van der Waals surface area contributed by atoms with Gasteiger partial charge in [0.25, 0.3) is 0 Å². The number of hydrogen-bond acceptors (Lipinski definition) is 6. The Kier molecular flexibility index (Phi) is 4.66. The Morgan fingerprint density at radius 1 is 1.03 bits per heavy atom. The molecule has 2 saturated carbocycles. The topological polar surface area (TPSA) is 105 Å². The van der Waals surface area contributed by atoms with Crippen molar-refractivity contribution in [1.82, 2.24) is 19.8 Å². The second kappa shape index (κ2) is 7.21. The van der Waals surface area contributed by atoms with Gasteiger partial charge in [0.05, 0.1) is 4.90 Å². The fraction of sp³-hybridized carbons (Fsp3) is 0.550. The SMILES string of the molecule is O=C(NC1CC1)C1CCN(S(=O)(=O)c2ccc(-c3noc(C4CC4)n3)cc2)CC1. The molecule has 0 atom stereocenters. The van der Waals surface area contributed by atoms with Crippen LogP contribution >= 0.6 is 0 Å². The summed E-state index contributed by atoms with van der Waals surface area (Å²) in [6.45, 7) is 0.727. The lowest BCUT2D eigenvalue weighted by molar-refractivity contribution is -0.126. The lowest BCUT2D eigenvalue weighted by Gasteiger charge is -2.30. The molecule has 29 heavy (non-hydrogen) atoms. The van der Waals surface area contributed by atoms with Gasteiger partial charge in [0.15, 0.2) is 0 Å². The maximum Gasteiger partial charge on any atom is 0.243 e. The van der Waals surface area contributed by atoms with Gasteiger partial charge < -0.3 is 9.84 Å². The molecule has 1 amide bonds. The van der Waals surface area contributed by atoms with Gasteiger partial charge in [-0.1, -0.05) is 5.16 Å². The molecule has 154 valence electrons. The Balaban J connectivity index is 1.24. The largest absolute Gasteiger partial charge is 0.353 e. The van der Waals surface area contributed by atoms with E-state index in [0.29, 0.717) is 49.6 Å². The molecule has 1 aliphatic heterocycles. The minimum absolute atomic E-state index is 0.0691. The molecule has 5 rings (SSSR count). The summed E-state index contributed by atoms with van der Waals surface area (Å²) in [5.74, 6) is 1.50. The van der Waals surface area contributed by atoms with E-state index in [1.807, 2.05) is 0 Å². The molecular formula is C20H24N4O4S. The van der Waals surface area contributed by atoms with Crippen LogP contribution in [0.3, 0.4) is 0 Å². The maximum atomic E-state index is 13.0. The maximum absolute atomic E-state index is 13.0. The molecule has 1 saturated heterocycles. The summed E-state index contributed by atoms with van der Waals surface area (Å²) in [6.07, 6.45) is 5.39. The van der Waals surface area contributed by atoms with Gasteiger partial charge >= 0.3 is 0 Å². The average Bonchev–Trinajstić information content (AvgIpc) is 3.68. The van der Waals surface area contributed by atoms with Gasteiger partial charge in [-0.2, -0.15) is 9.29 Å². The Morgan fingerprint density at radius 2 is 1.72 bits per heavy atom. The second-order valence-corrected chi connectivity index (χ2v) is 10.2. The van der Waals surface area contributed by atoms with Crippen LogP contribution in [0.1, 0.15) is 50.3 Å². The second-order valence-electron chi connectivity index (χ2n) is 8.22. The summed E-state index contributed by atoms with van der Waals surface area (Å²) in [6, 6.07) is 6.93. The molecule has 8 nitrogen and oxygen atoms in total. The highest BCUT2D eigenvalue weighted by atomic mass is 32.2. The number of carbonyl (C=O) groups is 1. The number of nitrogens with one attached hydrogen (secondary N) is 1. The highest BCUT2D eigenvalue weighted by molar-refractivity contribution is 7.89. The number of aromatic nitrogens is 2. The summed E-state index contributed by atoms with van der Waals surface area (Å²) in [4.78, 5) is 16.8. The third-order valence-electron chi connectivity index (χ3n) is 5.87. The van der Waals surface area contributed by atoms with E-state index < -0.39 is 10.0 Å². The molecule has 2 heterocycles. The standard InChI is InChI=1S/C20H24N4O4S/c25-19(21-16-5-6-16)14-9-11-24(12-10-14)29(26,27)17-7-3-13(4-8-17)18-22-20(28-23-18)15-1-2-15/h3-4,7-8,14-16H,1-2,5-6,9-12H2,(H,21,25). The van der Waals surface area contributed by atoms with Gasteiger partial charge in [0, 0.05) is 36.5 Å². The van der Waals surface area contributed by atoms with E-state index in [2.05, 4.69) is 15.5 Å². The smallest absolute Gasteiger partial charge is 0.243 e. The van der Waals surface area contributed by atoms with E-state index >= 15 is 0 Å². The third-order valence-corrected chi connectivity index (χ3v) is 7.78. The van der Waals surface area contributed by atoms with Gasteiger partial charge in [-0.05, 0) is 62.8 Å². The molecule has 1 aromatic carbocycles. The number of sulfonamides is 1. The van der Waals surface area contributed by atoms with Crippen molar-refractivity contribution >= 4 is 15.9 Å². The molecule has 0 spiro atoms. The number of amides is 1. The normalized spacial score (nSPS) is 21.2. The monoisotopic (exact) mass is 416 g/mol. The van der Waals surface area contributed by atoms with Crippen molar-refractivity contribution in [3.8, 4) is 11.4 Å². The molecule has 2 aromatic rings. The zero-order valence-electron chi connectivity index (χ0n) is 16.1. The van der Waals surface area contributed by atoms with E-state index in [0.717, 1.165) is 31.2 Å². The Bertz CT molecular complexity index is 1000. The molecule has 3 aliphatic rings. The average molecular weight is 417 g/mol. The number of hydrogen-bond donors (Lipinski definition) is 1. The lowest BCUT2D eigenvalue weighted by atomic mass is 9.97. The van der Waals surface area contributed by atoms with Gasteiger partial charge in [-0.25, -0.2) is 8.42 Å². The highest BCUT2D eigenvalue weighted by Crippen LogP contribution is 2.39. The van der Waals surface area contributed by atoms with Crippen LogP contribution in [0.15, 0.2) is 33.7 Å². The fourth-order valence-corrected chi connectivity index (χ4v) is 5.15. The molecule has 2 aliphatic carbocycles. The molecule has 1 N–H and O–H groups in total. The fourth-order valence-electron chi connectivity index (χ4n) is 3.68. The summed E-state index contributed by atoms with van der Waals surface area (Å²) in [5, 5.41) is 7.01. The number of nitrogens with zero attached hydrogens (tertiary/aromatic N) is 3. The van der Waals surface area contributed by atoms with Gasteiger partial charge in [0.2, 0.25) is 27.6 Å². The van der Waals surface area contributed by atoms with Crippen LogP contribution in [-0.4, -0.2) is 47.9 Å². The summed E-state index contributed by atoms with van der Waals surface area (Å²) in [7, 11) is -3.58. The van der Waals surface area contributed by atoms with Crippen molar-refractivity contribution < 1.29 is 17.7 Å². The summed E-state index contributed by atoms with van der Waals surface area (Å²) >= 11 is 0. The minimum atomic E-state index is -3.58. The molecule has 1 aromatic heterocycles. The first kappa shape index (κ1) is 18.7. The number of carbonyl (C=O) groups excluding carboxylic acids is 1. The molecule has 0 bridgehead atoms. The predicted molar refractivity (Wildman–Crippen MR) is 104 cm³/mol. The summed E-state index contributed by atoms with van der Waals surface area (Å²) < 4.78 is 32.7. The van der Waals surface area contributed by atoms with Crippen molar-refractivity contribution in [1.29, 1.82) is 0 Å².